The molecule has 1 atom stereocenters. The first-order chi connectivity index (χ1) is 8.79. The van der Waals surface area contributed by atoms with E-state index in [1.807, 2.05) is 60.3 Å². The molecule has 96 valence electrons. The van der Waals surface area contributed by atoms with Gasteiger partial charge in [-0.2, -0.15) is 0 Å². The minimum atomic E-state index is -0.360. The summed E-state index contributed by atoms with van der Waals surface area (Å²) in [5.74, 6) is 0.887. The van der Waals surface area contributed by atoms with Gasteiger partial charge in [0.1, 0.15) is 12.4 Å². The molecule has 2 aromatic rings. The molecular formula is C15H19NO2. The zero-order valence-corrected chi connectivity index (χ0v) is 10.6. The Hall–Kier alpha value is -1.74. The van der Waals surface area contributed by atoms with Crippen LogP contribution in [0.3, 0.4) is 0 Å². The van der Waals surface area contributed by atoms with Gasteiger partial charge in [0.25, 0.3) is 0 Å². The van der Waals surface area contributed by atoms with Gasteiger partial charge in [-0.3, -0.25) is 0 Å². The highest BCUT2D eigenvalue weighted by Gasteiger charge is 2.05. The molecule has 0 amide bonds. The zero-order chi connectivity index (χ0) is 12.8. The van der Waals surface area contributed by atoms with Gasteiger partial charge in [-0.05, 0) is 30.2 Å². The normalized spacial score (nSPS) is 12.3. The molecule has 0 aliphatic rings. The average molecular weight is 245 g/mol. The number of rotatable bonds is 6. The number of aromatic nitrogens is 1. The fourth-order valence-corrected chi connectivity index (χ4v) is 1.82. The van der Waals surface area contributed by atoms with Gasteiger partial charge in [-0.15, -0.1) is 0 Å². The van der Waals surface area contributed by atoms with Crippen molar-refractivity contribution < 1.29 is 9.84 Å². The molecule has 0 saturated heterocycles. The topological polar surface area (TPSA) is 34.4 Å². The molecule has 0 radical (unpaired) electrons. The summed E-state index contributed by atoms with van der Waals surface area (Å²) in [7, 11) is 0. The van der Waals surface area contributed by atoms with E-state index >= 15 is 0 Å². The van der Waals surface area contributed by atoms with Crippen LogP contribution in [-0.4, -0.2) is 16.3 Å². The second kappa shape index (κ2) is 6.26. The molecule has 1 heterocycles. The fraction of sp³-hybridized carbons (Fsp3) is 0.333. The van der Waals surface area contributed by atoms with Gasteiger partial charge >= 0.3 is 0 Å². The summed E-state index contributed by atoms with van der Waals surface area (Å²) in [4.78, 5) is 0. The first kappa shape index (κ1) is 12.7. The van der Waals surface area contributed by atoms with Crippen LogP contribution >= 0.6 is 0 Å². The maximum absolute atomic E-state index is 9.70. The molecule has 1 aromatic carbocycles. The lowest BCUT2D eigenvalue weighted by molar-refractivity contribution is 0.173. The highest BCUT2D eigenvalue weighted by Crippen LogP contribution is 2.16. The largest absolute Gasteiger partial charge is 0.492 e. The van der Waals surface area contributed by atoms with Crippen molar-refractivity contribution in [3.05, 3.63) is 54.4 Å². The van der Waals surface area contributed by atoms with Gasteiger partial charge in [0.2, 0.25) is 0 Å². The summed E-state index contributed by atoms with van der Waals surface area (Å²) in [6.45, 7) is 3.38. The zero-order valence-electron chi connectivity index (χ0n) is 10.6. The molecule has 18 heavy (non-hydrogen) atoms. The lowest BCUT2D eigenvalue weighted by Gasteiger charge is -2.07. The molecule has 3 nitrogen and oxygen atoms in total. The Morgan fingerprint density at radius 3 is 2.72 bits per heavy atom. The summed E-state index contributed by atoms with van der Waals surface area (Å²) in [6, 6.07) is 11.7. The summed E-state index contributed by atoms with van der Waals surface area (Å²) in [5.41, 5.74) is 0.970. The number of para-hydroxylation sites is 1. The molecule has 0 bridgehead atoms. The summed E-state index contributed by atoms with van der Waals surface area (Å²) < 4.78 is 7.66. The average Bonchev–Trinajstić information content (AvgIpc) is 2.88. The molecule has 2 rings (SSSR count). The van der Waals surface area contributed by atoms with Gasteiger partial charge in [0.05, 0.1) is 12.6 Å². The smallest absolute Gasteiger partial charge is 0.119 e. The van der Waals surface area contributed by atoms with Gasteiger partial charge in [0, 0.05) is 12.4 Å². The third-order valence-electron chi connectivity index (χ3n) is 2.91. The van der Waals surface area contributed by atoms with Crippen molar-refractivity contribution >= 4 is 0 Å². The summed E-state index contributed by atoms with van der Waals surface area (Å²) in [5, 5.41) is 9.70. The van der Waals surface area contributed by atoms with Crippen LogP contribution in [-0.2, 0) is 6.54 Å². The molecule has 0 aliphatic heterocycles. The second-order valence-corrected chi connectivity index (χ2v) is 4.27. The van der Waals surface area contributed by atoms with Crippen LogP contribution in [0.1, 0.15) is 25.0 Å². The van der Waals surface area contributed by atoms with Crippen molar-refractivity contribution in [2.45, 2.75) is 26.0 Å². The van der Waals surface area contributed by atoms with Crippen LogP contribution in [0.4, 0.5) is 0 Å². The van der Waals surface area contributed by atoms with Crippen molar-refractivity contribution in [3.63, 3.8) is 0 Å². The van der Waals surface area contributed by atoms with E-state index in [0.29, 0.717) is 6.61 Å². The number of aliphatic hydroxyl groups excluding tert-OH is 1. The minimum Gasteiger partial charge on any atom is -0.492 e. The van der Waals surface area contributed by atoms with Crippen molar-refractivity contribution in [1.29, 1.82) is 0 Å². The summed E-state index contributed by atoms with van der Waals surface area (Å²) >= 11 is 0. The predicted molar refractivity (Wildman–Crippen MR) is 71.6 cm³/mol. The number of benzene rings is 1. The minimum absolute atomic E-state index is 0.360. The highest BCUT2D eigenvalue weighted by molar-refractivity contribution is 5.20. The first-order valence-corrected chi connectivity index (χ1v) is 6.31. The second-order valence-electron chi connectivity index (χ2n) is 4.27. The predicted octanol–water partition coefficient (Wildman–Crippen LogP) is 3.01. The Kier molecular flexibility index (Phi) is 4.42. The molecular weight excluding hydrogens is 226 g/mol. The Morgan fingerprint density at radius 2 is 2.00 bits per heavy atom. The quantitative estimate of drug-likeness (QED) is 0.849. The molecule has 3 heteroatoms. The Balaban J connectivity index is 1.82. The Labute approximate surface area is 108 Å². The third-order valence-corrected chi connectivity index (χ3v) is 2.91. The van der Waals surface area contributed by atoms with Crippen LogP contribution in [0, 0.1) is 0 Å². The van der Waals surface area contributed by atoms with Crippen molar-refractivity contribution in [3.8, 4) is 5.75 Å². The first-order valence-electron chi connectivity index (χ1n) is 6.31. The van der Waals surface area contributed by atoms with E-state index in [2.05, 4.69) is 0 Å². The maximum Gasteiger partial charge on any atom is 0.119 e. The SMILES string of the molecule is CCC(O)c1ccn(CCOc2ccccc2)c1. The number of aliphatic hydroxyl groups is 1. The molecule has 1 N–H and O–H groups in total. The highest BCUT2D eigenvalue weighted by atomic mass is 16.5. The van der Waals surface area contributed by atoms with E-state index in [1.54, 1.807) is 0 Å². The summed E-state index contributed by atoms with van der Waals surface area (Å²) in [6.07, 6.45) is 4.33. The number of hydrogen-bond donors (Lipinski definition) is 1. The van der Waals surface area contributed by atoms with E-state index < -0.39 is 0 Å². The van der Waals surface area contributed by atoms with Crippen LogP contribution in [0.5, 0.6) is 5.75 Å². The van der Waals surface area contributed by atoms with Crippen molar-refractivity contribution in [2.24, 2.45) is 0 Å². The number of hydrogen-bond acceptors (Lipinski definition) is 2. The lowest BCUT2D eigenvalue weighted by Crippen LogP contribution is -2.06. The standard InChI is InChI=1S/C15H19NO2/c1-2-15(17)13-8-9-16(12-13)10-11-18-14-6-4-3-5-7-14/h3-9,12,15,17H,2,10-11H2,1H3. The van der Waals surface area contributed by atoms with Crippen molar-refractivity contribution in [1.82, 2.24) is 4.57 Å². The third kappa shape index (κ3) is 3.37. The molecule has 0 spiro atoms. The van der Waals surface area contributed by atoms with Gasteiger partial charge in [-0.25, -0.2) is 0 Å². The van der Waals surface area contributed by atoms with E-state index in [1.165, 1.54) is 0 Å². The number of nitrogens with zero attached hydrogens (tertiary/aromatic N) is 1. The van der Waals surface area contributed by atoms with Gasteiger partial charge in [0.15, 0.2) is 0 Å². The van der Waals surface area contributed by atoms with Crippen molar-refractivity contribution in [2.75, 3.05) is 6.61 Å². The maximum atomic E-state index is 9.70. The van der Waals surface area contributed by atoms with Crippen LogP contribution in [0.15, 0.2) is 48.8 Å². The Bertz CT molecular complexity index is 464. The number of ether oxygens (including phenoxy) is 1. The fourth-order valence-electron chi connectivity index (χ4n) is 1.82. The van der Waals surface area contributed by atoms with E-state index in [9.17, 15) is 5.11 Å². The van der Waals surface area contributed by atoms with Crippen LogP contribution < -0.4 is 4.74 Å². The molecule has 1 unspecified atom stereocenters. The molecule has 0 fully saturated rings. The van der Waals surface area contributed by atoms with Crippen LogP contribution in [0.25, 0.3) is 0 Å². The lowest BCUT2D eigenvalue weighted by atomic mass is 10.1. The molecule has 0 aliphatic carbocycles. The Morgan fingerprint density at radius 1 is 1.22 bits per heavy atom. The van der Waals surface area contributed by atoms with E-state index in [-0.39, 0.29) is 6.10 Å². The van der Waals surface area contributed by atoms with Crippen LogP contribution in [0.2, 0.25) is 0 Å². The van der Waals surface area contributed by atoms with Gasteiger partial charge < -0.3 is 14.4 Å². The van der Waals surface area contributed by atoms with Gasteiger partial charge in [-0.1, -0.05) is 25.1 Å². The van der Waals surface area contributed by atoms with E-state index in [0.717, 1.165) is 24.3 Å². The molecule has 1 aromatic heterocycles. The van der Waals surface area contributed by atoms with E-state index in [4.69, 9.17) is 4.74 Å². The monoisotopic (exact) mass is 245 g/mol. The molecule has 0 saturated carbocycles.